The Morgan fingerprint density at radius 2 is 2.13 bits per heavy atom. The molecular weight excluding hydrogens is 416 g/mol. The van der Waals surface area contributed by atoms with Crippen LogP contribution in [0.1, 0.15) is 30.9 Å². The van der Waals surface area contributed by atoms with Gasteiger partial charge in [-0.1, -0.05) is 11.8 Å². The number of thioether (sulfide) groups is 1. The second-order valence-electron chi connectivity index (χ2n) is 7.24. The summed E-state index contributed by atoms with van der Waals surface area (Å²) in [5, 5.41) is 5.50. The van der Waals surface area contributed by atoms with E-state index in [1.54, 1.807) is 29.4 Å². The van der Waals surface area contributed by atoms with E-state index in [-0.39, 0.29) is 0 Å². The summed E-state index contributed by atoms with van der Waals surface area (Å²) in [5.74, 6) is 1.74. The molecule has 30 heavy (non-hydrogen) atoms. The molecule has 5 rings (SSSR count). The molecule has 4 aromatic heterocycles. The zero-order chi connectivity index (χ0) is 20.5. The van der Waals surface area contributed by atoms with Gasteiger partial charge in [0.15, 0.2) is 10.9 Å². The number of thiophene rings is 1. The van der Waals surface area contributed by atoms with Crippen molar-refractivity contribution in [1.82, 2.24) is 15.0 Å². The van der Waals surface area contributed by atoms with Gasteiger partial charge < -0.3 is 14.5 Å². The predicted octanol–water partition coefficient (Wildman–Crippen LogP) is 5.55. The maximum Gasteiger partial charge on any atom is 0.189 e. The number of ether oxygens (including phenoxy) is 1. The molecule has 0 spiro atoms. The number of anilines is 1. The third-order valence-corrected chi connectivity index (χ3v) is 7.04. The summed E-state index contributed by atoms with van der Waals surface area (Å²) in [6.07, 6.45) is 7.91. The molecule has 4 aromatic rings. The van der Waals surface area contributed by atoms with Crippen molar-refractivity contribution in [2.24, 2.45) is 0 Å². The SMILES string of the molecule is CCOCCCNc1nc(SC)nc2c1sc1nc(-c3ccco3)c3c(c12)CCC3. The van der Waals surface area contributed by atoms with Gasteiger partial charge >= 0.3 is 0 Å². The number of nitrogens with one attached hydrogen (secondary N) is 1. The van der Waals surface area contributed by atoms with Crippen LogP contribution in [0.4, 0.5) is 5.82 Å². The van der Waals surface area contributed by atoms with Gasteiger partial charge in [0.25, 0.3) is 0 Å². The number of furan rings is 1. The lowest BCUT2D eigenvalue weighted by Gasteiger charge is -2.09. The number of rotatable bonds is 8. The highest BCUT2D eigenvalue weighted by Gasteiger charge is 2.26. The molecule has 0 radical (unpaired) electrons. The fourth-order valence-corrected chi connectivity index (χ4v) is 5.58. The highest BCUT2D eigenvalue weighted by molar-refractivity contribution is 7.98. The first-order valence-corrected chi connectivity index (χ1v) is 12.4. The van der Waals surface area contributed by atoms with Gasteiger partial charge in [-0.2, -0.15) is 0 Å². The monoisotopic (exact) mass is 440 g/mol. The molecule has 1 N–H and O–H groups in total. The first-order chi connectivity index (χ1) is 14.8. The molecule has 0 unspecified atom stereocenters. The van der Waals surface area contributed by atoms with Crippen molar-refractivity contribution in [2.75, 3.05) is 31.3 Å². The van der Waals surface area contributed by atoms with Crippen molar-refractivity contribution in [3.05, 3.63) is 29.5 Å². The molecule has 8 heteroatoms. The second-order valence-corrected chi connectivity index (χ2v) is 9.02. The molecule has 0 aliphatic heterocycles. The van der Waals surface area contributed by atoms with Crippen LogP contribution in [-0.2, 0) is 17.6 Å². The van der Waals surface area contributed by atoms with Gasteiger partial charge in [-0.25, -0.2) is 15.0 Å². The van der Waals surface area contributed by atoms with Crippen LogP contribution in [0.3, 0.4) is 0 Å². The van der Waals surface area contributed by atoms with Crippen LogP contribution >= 0.6 is 23.1 Å². The molecule has 6 nitrogen and oxygen atoms in total. The molecular formula is C22H24N4O2S2. The number of aryl methyl sites for hydroxylation is 1. The number of nitrogens with zero attached hydrogens (tertiary/aromatic N) is 3. The smallest absolute Gasteiger partial charge is 0.189 e. The van der Waals surface area contributed by atoms with Crippen LogP contribution in [-0.4, -0.2) is 41.0 Å². The van der Waals surface area contributed by atoms with E-state index in [2.05, 4.69) is 5.32 Å². The first kappa shape index (κ1) is 19.8. The largest absolute Gasteiger partial charge is 0.463 e. The van der Waals surface area contributed by atoms with Crippen LogP contribution in [0.15, 0.2) is 28.0 Å². The molecule has 156 valence electrons. The molecule has 0 bridgehead atoms. The van der Waals surface area contributed by atoms with Crippen molar-refractivity contribution in [3.8, 4) is 11.5 Å². The lowest BCUT2D eigenvalue weighted by Crippen LogP contribution is -2.07. The summed E-state index contributed by atoms with van der Waals surface area (Å²) in [6.45, 7) is 4.34. The van der Waals surface area contributed by atoms with Gasteiger partial charge in [0, 0.05) is 25.1 Å². The second kappa shape index (κ2) is 8.53. The van der Waals surface area contributed by atoms with Crippen molar-refractivity contribution >= 4 is 49.3 Å². The topological polar surface area (TPSA) is 73.1 Å². The van der Waals surface area contributed by atoms with E-state index in [4.69, 9.17) is 24.1 Å². The van der Waals surface area contributed by atoms with Crippen LogP contribution in [0.25, 0.3) is 31.9 Å². The highest BCUT2D eigenvalue weighted by Crippen LogP contribution is 2.44. The highest BCUT2D eigenvalue weighted by atomic mass is 32.2. The van der Waals surface area contributed by atoms with Crippen molar-refractivity contribution in [2.45, 2.75) is 37.8 Å². The summed E-state index contributed by atoms with van der Waals surface area (Å²) in [7, 11) is 0. The van der Waals surface area contributed by atoms with E-state index in [1.165, 1.54) is 16.5 Å². The molecule has 0 saturated heterocycles. The van der Waals surface area contributed by atoms with Crippen LogP contribution in [0.5, 0.6) is 0 Å². The summed E-state index contributed by atoms with van der Waals surface area (Å²) in [5.41, 5.74) is 4.70. The Kier molecular flexibility index (Phi) is 5.62. The molecule has 0 atom stereocenters. The Hall–Kier alpha value is -2.16. The fraction of sp³-hybridized carbons (Fsp3) is 0.409. The third-order valence-electron chi connectivity index (χ3n) is 5.41. The standard InChI is InChI=1S/C22H24N4O2S2/c1-3-27-11-6-10-23-20-19-18(25-22(26-20)29-2)16-13-7-4-8-14(13)17(24-21(16)30-19)15-9-5-12-28-15/h5,9,12H,3-4,6-8,10-11H2,1-2H3,(H,23,25,26). The number of fused-ring (bicyclic) bond motifs is 5. The maximum absolute atomic E-state index is 5.70. The number of hydrogen-bond acceptors (Lipinski definition) is 8. The molecule has 0 amide bonds. The van der Waals surface area contributed by atoms with E-state index < -0.39 is 0 Å². The summed E-state index contributed by atoms with van der Waals surface area (Å²) in [4.78, 5) is 15.7. The van der Waals surface area contributed by atoms with Gasteiger partial charge in [-0.15, -0.1) is 11.3 Å². The Bertz CT molecular complexity index is 1190. The minimum Gasteiger partial charge on any atom is -0.463 e. The minimum absolute atomic E-state index is 0.749. The first-order valence-electron chi connectivity index (χ1n) is 10.4. The third kappa shape index (κ3) is 3.46. The zero-order valence-electron chi connectivity index (χ0n) is 17.2. The van der Waals surface area contributed by atoms with E-state index in [9.17, 15) is 0 Å². The van der Waals surface area contributed by atoms with E-state index in [0.29, 0.717) is 0 Å². The molecule has 0 saturated carbocycles. The van der Waals surface area contributed by atoms with Gasteiger partial charge in [-0.05, 0) is 62.1 Å². The predicted molar refractivity (Wildman–Crippen MR) is 124 cm³/mol. The maximum atomic E-state index is 5.70. The van der Waals surface area contributed by atoms with E-state index >= 15 is 0 Å². The van der Waals surface area contributed by atoms with E-state index in [1.807, 2.05) is 25.3 Å². The summed E-state index contributed by atoms with van der Waals surface area (Å²) in [6, 6.07) is 3.92. The lowest BCUT2D eigenvalue weighted by atomic mass is 10.0. The zero-order valence-corrected chi connectivity index (χ0v) is 18.8. The summed E-state index contributed by atoms with van der Waals surface area (Å²) >= 11 is 3.25. The van der Waals surface area contributed by atoms with Gasteiger partial charge in [0.05, 0.1) is 16.5 Å². The van der Waals surface area contributed by atoms with Crippen LogP contribution < -0.4 is 5.32 Å². The lowest BCUT2D eigenvalue weighted by molar-refractivity contribution is 0.147. The quantitative estimate of drug-likeness (QED) is 0.219. The van der Waals surface area contributed by atoms with E-state index in [0.717, 1.165) is 82.9 Å². The van der Waals surface area contributed by atoms with Crippen LogP contribution in [0, 0.1) is 0 Å². The van der Waals surface area contributed by atoms with Gasteiger partial charge in [-0.3, -0.25) is 0 Å². The molecule has 0 aromatic carbocycles. The van der Waals surface area contributed by atoms with Crippen molar-refractivity contribution in [3.63, 3.8) is 0 Å². The Morgan fingerprint density at radius 3 is 2.93 bits per heavy atom. The average molecular weight is 441 g/mol. The Morgan fingerprint density at radius 1 is 1.23 bits per heavy atom. The molecule has 0 fully saturated rings. The normalized spacial score (nSPS) is 13.4. The molecule has 1 aliphatic carbocycles. The van der Waals surface area contributed by atoms with Crippen molar-refractivity contribution in [1.29, 1.82) is 0 Å². The number of hydrogen-bond donors (Lipinski definition) is 1. The van der Waals surface area contributed by atoms with Gasteiger partial charge in [0.2, 0.25) is 0 Å². The molecule has 1 aliphatic rings. The van der Waals surface area contributed by atoms with Crippen molar-refractivity contribution < 1.29 is 9.15 Å². The number of pyridine rings is 1. The Labute approximate surface area is 183 Å². The molecule has 4 heterocycles. The minimum atomic E-state index is 0.749. The fourth-order valence-electron chi connectivity index (χ4n) is 4.10. The van der Waals surface area contributed by atoms with Gasteiger partial charge in [0.1, 0.15) is 16.3 Å². The summed E-state index contributed by atoms with van der Waals surface area (Å²) < 4.78 is 12.2. The van der Waals surface area contributed by atoms with Crippen LogP contribution in [0.2, 0.25) is 0 Å². The number of aromatic nitrogens is 3. The Balaban J connectivity index is 1.64. The average Bonchev–Trinajstić information content (AvgIpc) is 3.51.